The van der Waals surface area contributed by atoms with Crippen LogP contribution in [0.3, 0.4) is 0 Å². The van der Waals surface area contributed by atoms with Gasteiger partial charge in [0.15, 0.2) is 0 Å². The van der Waals surface area contributed by atoms with E-state index in [0.717, 1.165) is 6.42 Å². The summed E-state index contributed by atoms with van der Waals surface area (Å²) in [6.45, 7) is 10.1. The fourth-order valence-corrected chi connectivity index (χ4v) is 2.99. The molecule has 0 rings (SSSR count). The Morgan fingerprint density at radius 2 is 1.67 bits per heavy atom. The second kappa shape index (κ2) is 8.92. The molecule has 0 bridgehead atoms. The molecule has 0 aliphatic carbocycles. The van der Waals surface area contributed by atoms with Gasteiger partial charge in [-0.2, -0.15) is 0 Å². The Morgan fingerprint density at radius 3 is 2.07 bits per heavy atom. The molecule has 0 heterocycles. The fraction of sp³-hybridized carbons (Fsp3) is 0.455. The minimum atomic E-state index is -3.08. The van der Waals surface area contributed by atoms with Gasteiger partial charge in [0, 0.05) is 0 Å². The molecule has 86 valence electrons. The van der Waals surface area contributed by atoms with Crippen LogP contribution in [-0.4, -0.2) is 13.2 Å². The summed E-state index contributed by atoms with van der Waals surface area (Å²) < 4.78 is 16.6. The molecule has 0 radical (unpaired) electrons. The van der Waals surface area contributed by atoms with E-state index in [4.69, 9.17) is 9.96 Å². The molecule has 0 fully saturated rings. The predicted octanol–water partition coefficient (Wildman–Crippen LogP) is 3.28. The van der Waals surface area contributed by atoms with Gasteiger partial charge < -0.3 is 0 Å². The molecule has 4 heteroatoms. The molecule has 0 aromatic carbocycles. The second-order valence-corrected chi connectivity index (χ2v) is 6.92. The van der Waals surface area contributed by atoms with Gasteiger partial charge in [-0.25, -0.2) is 0 Å². The van der Waals surface area contributed by atoms with Crippen molar-refractivity contribution in [1.29, 1.82) is 0 Å². The topological polar surface area (TPSA) is 27.7 Å². The maximum atomic E-state index is 5.55. The summed E-state index contributed by atoms with van der Waals surface area (Å²) in [4.78, 5) is 0. The number of rotatable bonds is 9. The van der Waals surface area contributed by atoms with Gasteiger partial charge in [0.1, 0.15) is 0 Å². The number of hydrogen-bond acceptors (Lipinski definition) is 3. The third kappa shape index (κ3) is 7.57. The fourth-order valence-electron chi connectivity index (χ4n) is 0.798. The predicted molar refractivity (Wildman–Crippen MR) is 58.7 cm³/mol. The summed E-state index contributed by atoms with van der Waals surface area (Å²) in [7, 11) is 0. The van der Waals surface area contributed by atoms with E-state index in [1.807, 2.05) is 18.2 Å². The molecule has 0 aromatic heterocycles. The van der Waals surface area contributed by atoms with Crippen LogP contribution in [0, 0.1) is 0 Å². The van der Waals surface area contributed by atoms with E-state index >= 15 is 0 Å². The third-order valence-corrected chi connectivity index (χ3v) is 4.58. The first-order valence-electron chi connectivity index (χ1n) is 5.01. The SMILES string of the molecule is C=CC[O][Ti]([CH3])([O]C=CCC)[O]CC=C. The Labute approximate surface area is 97.2 Å². The molecule has 0 amide bonds. The zero-order chi connectivity index (χ0) is 11.6. The number of hydrogen-bond donors (Lipinski definition) is 0. The zero-order valence-electron chi connectivity index (χ0n) is 9.57. The van der Waals surface area contributed by atoms with E-state index in [0.29, 0.717) is 13.2 Å². The average Bonchev–Trinajstić information content (AvgIpc) is 2.24. The summed E-state index contributed by atoms with van der Waals surface area (Å²) in [5.74, 6) is 0. The number of allylic oxidation sites excluding steroid dienone is 1. The van der Waals surface area contributed by atoms with Crippen molar-refractivity contribution in [2.45, 2.75) is 18.6 Å². The van der Waals surface area contributed by atoms with Crippen molar-refractivity contribution in [2.24, 2.45) is 0 Å². The Kier molecular flexibility index (Phi) is 8.72. The quantitative estimate of drug-likeness (QED) is 0.356. The van der Waals surface area contributed by atoms with E-state index < -0.39 is 17.8 Å². The van der Waals surface area contributed by atoms with Gasteiger partial charge in [-0.05, 0) is 0 Å². The molecule has 0 unspecified atom stereocenters. The van der Waals surface area contributed by atoms with Crippen LogP contribution in [0.4, 0.5) is 0 Å². The Balaban J connectivity index is 4.17. The van der Waals surface area contributed by atoms with Crippen LogP contribution in [0.5, 0.6) is 0 Å². The Hall–Kier alpha value is -0.346. The maximum absolute atomic E-state index is 5.55. The summed E-state index contributed by atoms with van der Waals surface area (Å²) in [6.07, 6.45) is 7.90. The van der Waals surface area contributed by atoms with E-state index in [1.54, 1.807) is 18.4 Å². The first-order chi connectivity index (χ1) is 7.18. The van der Waals surface area contributed by atoms with Crippen LogP contribution >= 0.6 is 0 Å². The van der Waals surface area contributed by atoms with Crippen LogP contribution in [0.25, 0.3) is 0 Å². The van der Waals surface area contributed by atoms with Gasteiger partial charge >= 0.3 is 97.1 Å². The van der Waals surface area contributed by atoms with Crippen LogP contribution < -0.4 is 0 Å². The average molecular weight is 248 g/mol. The van der Waals surface area contributed by atoms with E-state index in [2.05, 4.69) is 13.2 Å². The van der Waals surface area contributed by atoms with Crippen molar-refractivity contribution < 1.29 is 27.7 Å². The summed E-state index contributed by atoms with van der Waals surface area (Å²) >= 11 is -3.08. The van der Waals surface area contributed by atoms with Crippen molar-refractivity contribution in [3.05, 3.63) is 37.6 Å². The van der Waals surface area contributed by atoms with Crippen LogP contribution in [0.2, 0.25) is 5.23 Å². The standard InChI is InChI=1S/C4H8O.2C3H5O.CH3.Ti/c1-2-3-4-5;2*1-2-3-4;;/h3-5H,2H2,1H3;2*2H,1,3H2;1H3;/q;2*-1;;+3/p-1. The summed E-state index contributed by atoms with van der Waals surface area (Å²) in [5.41, 5.74) is 0. The van der Waals surface area contributed by atoms with E-state index in [1.165, 1.54) is 0 Å². The van der Waals surface area contributed by atoms with Gasteiger partial charge in [0.2, 0.25) is 0 Å². The van der Waals surface area contributed by atoms with Crippen molar-refractivity contribution in [3.8, 4) is 0 Å². The zero-order valence-corrected chi connectivity index (χ0v) is 11.1. The first kappa shape index (κ1) is 14.7. The van der Waals surface area contributed by atoms with Crippen molar-refractivity contribution >= 4 is 0 Å². The molecular formula is C11H20O3Ti. The molecular weight excluding hydrogens is 228 g/mol. The molecule has 0 spiro atoms. The van der Waals surface area contributed by atoms with E-state index in [9.17, 15) is 0 Å². The molecule has 0 aromatic rings. The van der Waals surface area contributed by atoms with Crippen molar-refractivity contribution in [2.75, 3.05) is 13.2 Å². The first-order valence-corrected chi connectivity index (χ1v) is 8.48. The normalized spacial score (nSPS) is 11.6. The van der Waals surface area contributed by atoms with Crippen molar-refractivity contribution in [3.63, 3.8) is 0 Å². The van der Waals surface area contributed by atoms with Gasteiger partial charge in [-0.1, -0.05) is 0 Å². The molecule has 0 aliphatic heterocycles. The molecule has 0 saturated carbocycles. The van der Waals surface area contributed by atoms with Gasteiger partial charge in [0.25, 0.3) is 0 Å². The monoisotopic (exact) mass is 248 g/mol. The molecule has 0 aliphatic rings. The summed E-state index contributed by atoms with van der Waals surface area (Å²) in [5, 5.41) is 1.90. The Morgan fingerprint density at radius 1 is 1.13 bits per heavy atom. The van der Waals surface area contributed by atoms with Gasteiger partial charge in [0.05, 0.1) is 0 Å². The Bertz CT molecular complexity index is 202. The molecule has 3 nitrogen and oxygen atoms in total. The van der Waals surface area contributed by atoms with Crippen molar-refractivity contribution in [1.82, 2.24) is 0 Å². The van der Waals surface area contributed by atoms with Gasteiger partial charge in [-0.3, -0.25) is 0 Å². The minimum absolute atomic E-state index is 0.452. The molecule has 0 N–H and O–H groups in total. The third-order valence-electron chi connectivity index (χ3n) is 1.54. The molecule has 0 saturated heterocycles. The molecule has 15 heavy (non-hydrogen) atoms. The second-order valence-electron chi connectivity index (χ2n) is 2.96. The van der Waals surface area contributed by atoms with Gasteiger partial charge in [-0.15, -0.1) is 0 Å². The van der Waals surface area contributed by atoms with Crippen LogP contribution in [0.1, 0.15) is 13.3 Å². The van der Waals surface area contributed by atoms with E-state index in [-0.39, 0.29) is 0 Å². The summed E-state index contributed by atoms with van der Waals surface area (Å²) in [6, 6.07) is 0. The molecule has 0 atom stereocenters. The van der Waals surface area contributed by atoms with Crippen LogP contribution in [0.15, 0.2) is 37.6 Å². The van der Waals surface area contributed by atoms with Crippen LogP contribution in [-0.2, 0) is 27.7 Å².